The fraction of sp³-hybridized carbons (Fsp3) is 0.611. The van der Waals surface area contributed by atoms with E-state index in [1.54, 1.807) is 0 Å². The van der Waals surface area contributed by atoms with Crippen molar-refractivity contribution in [2.24, 2.45) is 0 Å². The quantitative estimate of drug-likeness (QED) is 0.614. The molecule has 3 heterocycles. The van der Waals surface area contributed by atoms with Gasteiger partial charge in [0.15, 0.2) is 11.5 Å². The molecule has 1 aliphatic heterocycles. The number of thiazole rings is 1. The van der Waals surface area contributed by atoms with Gasteiger partial charge >= 0.3 is 6.18 Å². The SMILES string of the molecule is CS(=O)(=O)N1CCC(Nc2ncc(F)c(-c3sc([C@H]4C[C@@H](O)C4)nc3C(F)(F)F)n2)CC1. The standard InChI is InChI=1S/C18H21F4N5O3S2/c1-32(29,30)27-4-2-10(3-5-27)24-17-23-8-12(19)13(25-17)14-15(18(20,21)22)26-16(31-14)9-6-11(28)7-9/h8-11,28H,2-7H2,1H3,(H,23,24,25)/t9-,11+. The molecule has 0 radical (unpaired) electrons. The van der Waals surface area contributed by atoms with Crippen LogP contribution in [0, 0.1) is 5.82 Å². The van der Waals surface area contributed by atoms with Gasteiger partial charge in [0.1, 0.15) is 5.69 Å². The van der Waals surface area contributed by atoms with Gasteiger partial charge in [-0.3, -0.25) is 0 Å². The van der Waals surface area contributed by atoms with Crippen molar-refractivity contribution in [1.82, 2.24) is 19.3 Å². The molecule has 0 atom stereocenters. The highest BCUT2D eigenvalue weighted by Gasteiger charge is 2.41. The van der Waals surface area contributed by atoms with Gasteiger partial charge in [0.25, 0.3) is 0 Å². The molecule has 0 aromatic carbocycles. The second kappa shape index (κ2) is 8.47. The highest BCUT2D eigenvalue weighted by molar-refractivity contribution is 7.88. The van der Waals surface area contributed by atoms with Crippen molar-refractivity contribution >= 4 is 27.3 Å². The number of anilines is 1. The summed E-state index contributed by atoms with van der Waals surface area (Å²) in [5.74, 6) is -1.34. The van der Waals surface area contributed by atoms with Gasteiger partial charge in [0.05, 0.1) is 28.4 Å². The zero-order valence-electron chi connectivity index (χ0n) is 16.9. The molecule has 0 unspecified atom stereocenters. The minimum atomic E-state index is -4.80. The van der Waals surface area contributed by atoms with Gasteiger partial charge < -0.3 is 10.4 Å². The second-order valence-corrected chi connectivity index (χ2v) is 11.0. The van der Waals surface area contributed by atoms with Crippen LogP contribution < -0.4 is 5.32 Å². The molecule has 14 heteroatoms. The Hall–Kier alpha value is -1.90. The number of hydrogen-bond donors (Lipinski definition) is 2. The van der Waals surface area contributed by atoms with E-state index in [9.17, 15) is 31.1 Å². The molecule has 1 aliphatic carbocycles. The van der Waals surface area contributed by atoms with Crippen LogP contribution in [0.3, 0.4) is 0 Å². The number of piperidine rings is 1. The lowest BCUT2D eigenvalue weighted by Gasteiger charge is -2.30. The number of rotatable bonds is 5. The van der Waals surface area contributed by atoms with Gasteiger partial charge in [-0.2, -0.15) is 13.2 Å². The maximum atomic E-state index is 14.5. The molecule has 2 fully saturated rings. The fourth-order valence-corrected chi connectivity index (χ4v) is 5.84. The summed E-state index contributed by atoms with van der Waals surface area (Å²) in [6, 6.07) is -0.207. The minimum absolute atomic E-state index is 0.0404. The molecule has 32 heavy (non-hydrogen) atoms. The van der Waals surface area contributed by atoms with Crippen LogP contribution in [-0.2, 0) is 16.2 Å². The largest absolute Gasteiger partial charge is 0.434 e. The normalized spacial score (nSPS) is 23.2. The molecule has 2 N–H and O–H groups in total. The Kier molecular flexibility index (Phi) is 6.15. The third kappa shape index (κ3) is 4.87. The predicted molar refractivity (Wildman–Crippen MR) is 109 cm³/mol. The van der Waals surface area contributed by atoms with Crippen LogP contribution in [-0.4, -0.2) is 64.3 Å². The first-order valence-electron chi connectivity index (χ1n) is 9.92. The van der Waals surface area contributed by atoms with Crippen LogP contribution in [0.4, 0.5) is 23.5 Å². The van der Waals surface area contributed by atoms with E-state index in [2.05, 4.69) is 20.3 Å². The van der Waals surface area contributed by atoms with E-state index in [-0.39, 0.29) is 36.0 Å². The summed E-state index contributed by atoms with van der Waals surface area (Å²) in [5, 5.41) is 12.6. The van der Waals surface area contributed by atoms with Crippen LogP contribution in [0.5, 0.6) is 0 Å². The van der Waals surface area contributed by atoms with E-state index in [4.69, 9.17) is 0 Å². The van der Waals surface area contributed by atoms with Crippen LogP contribution in [0.1, 0.15) is 42.3 Å². The van der Waals surface area contributed by atoms with Gasteiger partial charge in [-0.1, -0.05) is 0 Å². The lowest BCUT2D eigenvalue weighted by Crippen LogP contribution is -2.42. The molecule has 2 aromatic heterocycles. The zero-order chi connectivity index (χ0) is 23.3. The first-order chi connectivity index (χ1) is 14.9. The van der Waals surface area contributed by atoms with Crippen LogP contribution >= 0.6 is 11.3 Å². The van der Waals surface area contributed by atoms with Crippen molar-refractivity contribution in [3.05, 3.63) is 22.7 Å². The monoisotopic (exact) mass is 495 g/mol. The van der Waals surface area contributed by atoms with Crippen LogP contribution in [0.25, 0.3) is 10.6 Å². The number of nitrogens with zero attached hydrogens (tertiary/aromatic N) is 4. The number of alkyl halides is 3. The lowest BCUT2D eigenvalue weighted by molar-refractivity contribution is -0.140. The first-order valence-corrected chi connectivity index (χ1v) is 12.6. The molecule has 0 spiro atoms. The Balaban J connectivity index is 1.58. The summed E-state index contributed by atoms with van der Waals surface area (Å²) in [6.45, 7) is 0.572. The van der Waals surface area contributed by atoms with Crippen molar-refractivity contribution in [2.45, 2.75) is 49.9 Å². The molecule has 1 saturated heterocycles. The van der Waals surface area contributed by atoms with Crippen LogP contribution in [0.2, 0.25) is 0 Å². The number of sulfonamides is 1. The molecule has 8 nitrogen and oxygen atoms in total. The third-order valence-corrected chi connectivity index (χ3v) is 8.12. The Labute approximate surface area is 185 Å². The van der Waals surface area contributed by atoms with E-state index in [0.717, 1.165) is 23.8 Å². The van der Waals surface area contributed by atoms with Crippen molar-refractivity contribution in [3.8, 4) is 10.6 Å². The molecular formula is C18H21F4N5O3S2. The summed E-state index contributed by atoms with van der Waals surface area (Å²) in [5.41, 5.74) is -1.70. The van der Waals surface area contributed by atoms with Gasteiger partial charge in [-0.05, 0) is 25.7 Å². The van der Waals surface area contributed by atoms with E-state index in [1.165, 1.54) is 4.31 Å². The third-order valence-electron chi connectivity index (χ3n) is 5.59. The molecule has 1 saturated carbocycles. The average Bonchev–Trinajstić information content (AvgIpc) is 3.12. The molecule has 2 aromatic rings. The lowest BCUT2D eigenvalue weighted by atomic mass is 9.83. The molecule has 176 valence electrons. The highest BCUT2D eigenvalue weighted by atomic mass is 32.2. The number of aliphatic hydroxyl groups excluding tert-OH is 1. The van der Waals surface area contributed by atoms with Crippen molar-refractivity contribution in [3.63, 3.8) is 0 Å². The topological polar surface area (TPSA) is 108 Å². The second-order valence-electron chi connectivity index (χ2n) is 8.02. The first kappa shape index (κ1) is 23.3. The Morgan fingerprint density at radius 2 is 1.88 bits per heavy atom. The summed E-state index contributed by atoms with van der Waals surface area (Å²) in [6.07, 6.45) is -1.90. The van der Waals surface area contributed by atoms with E-state index in [1.807, 2.05) is 0 Å². The number of aliphatic hydroxyl groups is 1. The molecule has 0 amide bonds. The van der Waals surface area contributed by atoms with Crippen molar-refractivity contribution in [1.29, 1.82) is 0 Å². The Morgan fingerprint density at radius 3 is 2.44 bits per heavy atom. The number of aromatic nitrogens is 3. The number of halogens is 4. The van der Waals surface area contributed by atoms with E-state index >= 15 is 0 Å². The summed E-state index contributed by atoms with van der Waals surface area (Å²) in [4.78, 5) is 11.1. The van der Waals surface area contributed by atoms with Gasteiger partial charge in [0, 0.05) is 25.0 Å². The number of nitrogens with one attached hydrogen (secondary N) is 1. The summed E-state index contributed by atoms with van der Waals surface area (Å²) >= 11 is 0.724. The highest BCUT2D eigenvalue weighted by Crippen LogP contribution is 2.46. The van der Waals surface area contributed by atoms with Crippen molar-refractivity contribution in [2.75, 3.05) is 24.7 Å². The number of hydrogen-bond acceptors (Lipinski definition) is 8. The summed E-state index contributed by atoms with van der Waals surface area (Å²) in [7, 11) is -3.30. The maximum Gasteiger partial charge on any atom is 0.434 e. The molecule has 2 aliphatic rings. The average molecular weight is 496 g/mol. The van der Waals surface area contributed by atoms with E-state index < -0.39 is 44.4 Å². The zero-order valence-corrected chi connectivity index (χ0v) is 18.6. The minimum Gasteiger partial charge on any atom is -0.393 e. The van der Waals surface area contributed by atoms with Gasteiger partial charge in [-0.25, -0.2) is 32.1 Å². The van der Waals surface area contributed by atoms with Gasteiger partial charge in [0.2, 0.25) is 16.0 Å². The molecular weight excluding hydrogens is 474 g/mol. The van der Waals surface area contributed by atoms with Gasteiger partial charge in [-0.15, -0.1) is 11.3 Å². The predicted octanol–water partition coefficient (Wildman–Crippen LogP) is 2.83. The summed E-state index contributed by atoms with van der Waals surface area (Å²) < 4.78 is 79.9. The fourth-order valence-electron chi connectivity index (χ4n) is 3.76. The van der Waals surface area contributed by atoms with Crippen LogP contribution in [0.15, 0.2) is 6.20 Å². The van der Waals surface area contributed by atoms with Crippen molar-refractivity contribution < 1.29 is 31.1 Å². The smallest absolute Gasteiger partial charge is 0.393 e. The Morgan fingerprint density at radius 1 is 1.22 bits per heavy atom. The maximum absolute atomic E-state index is 14.5. The molecule has 4 rings (SSSR count). The molecule has 0 bridgehead atoms. The van der Waals surface area contributed by atoms with E-state index in [0.29, 0.717) is 25.7 Å². The Bertz CT molecular complexity index is 1090.